The fourth-order valence-electron chi connectivity index (χ4n) is 3.53. The van der Waals surface area contributed by atoms with E-state index >= 15 is 0 Å². The number of aliphatic carboxylic acids is 1. The molecule has 0 unspecified atom stereocenters. The summed E-state index contributed by atoms with van der Waals surface area (Å²) in [6.07, 6.45) is 1.12. The van der Waals surface area contributed by atoms with E-state index in [-0.39, 0.29) is 17.5 Å². The molecule has 1 aliphatic carbocycles. The maximum atomic E-state index is 12.5. The lowest BCUT2D eigenvalue weighted by atomic mass is 9.82. The van der Waals surface area contributed by atoms with Crippen molar-refractivity contribution in [3.8, 4) is 17.1 Å². The zero-order valence-corrected chi connectivity index (χ0v) is 17.1. The predicted molar refractivity (Wildman–Crippen MR) is 113 cm³/mol. The van der Waals surface area contributed by atoms with Gasteiger partial charge in [-0.3, -0.25) is 9.59 Å². The van der Waals surface area contributed by atoms with Crippen LogP contribution in [-0.4, -0.2) is 30.4 Å². The van der Waals surface area contributed by atoms with E-state index in [1.54, 1.807) is 24.3 Å². The molecule has 30 heavy (non-hydrogen) atoms. The van der Waals surface area contributed by atoms with Gasteiger partial charge in [-0.1, -0.05) is 17.7 Å². The van der Waals surface area contributed by atoms with Crippen LogP contribution in [0.2, 0.25) is 5.02 Å². The van der Waals surface area contributed by atoms with E-state index in [4.69, 9.17) is 30.6 Å². The van der Waals surface area contributed by atoms with Crippen LogP contribution >= 0.6 is 11.6 Å². The van der Waals surface area contributed by atoms with Crippen LogP contribution in [0.25, 0.3) is 22.3 Å². The third kappa shape index (κ3) is 4.20. The van der Waals surface area contributed by atoms with E-state index in [0.29, 0.717) is 53.6 Å². The zero-order valence-electron chi connectivity index (χ0n) is 16.4. The van der Waals surface area contributed by atoms with Crippen molar-refractivity contribution < 1.29 is 23.8 Å². The number of benzene rings is 2. The van der Waals surface area contributed by atoms with Crippen LogP contribution in [0.15, 0.2) is 51.7 Å². The highest BCUT2D eigenvalue weighted by Crippen LogP contribution is 2.31. The third-order valence-corrected chi connectivity index (χ3v) is 5.62. The van der Waals surface area contributed by atoms with Crippen molar-refractivity contribution in [2.75, 3.05) is 13.2 Å². The monoisotopic (exact) mass is 428 g/mol. The van der Waals surface area contributed by atoms with Crippen molar-refractivity contribution in [2.45, 2.75) is 25.9 Å². The van der Waals surface area contributed by atoms with Crippen LogP contribution in [0.5, 0.6) is 5.75 Å². The fraction of sp³-hybridized carbons (Fsp3) is 0.304. The van der Waals surface area contributed by atoms with Crippen molar-refractivity contribution in [1.82, 2.24) is 0 Å². The molecule has 0 bridgehead atoms. The van der Waals surface area contributed by atoms with E-state index < -0.39 is 5.97 Å². The van der Waals surface area contributed by atoms with Crippen molar-refractivity contribution in [1.29, 1.82) is 0 Å². The minimum atomic E-state index is -0.758. The summed E-state index contributed by atoms with van der Waals surface area (Å²) in [4.78, 5) is 23.3. The van der Waals surface area contributed by atoms with Gasteiger partial charge in [0.2, 0.25) is 0 Å². The molecule has 1 aliphatic rings. The summed E-state index contributed by atoms with van der Waals surface area (Å²) in [5.74, 6) is 0.0625. The molecular formula is C23H21ClO6. The summed E-state index contributed by atoms with van der Waals surface area (Å²) in [5, 5.41) is 9.75. The minimum absolute atomic E-state index is 0.00309. The highest BCUT2D eigenvalue weighted by atomic mass is 35.5. The van der Waals surface area contributed by atoms with Crippen molar-refractivity contribution in [3.05, 3.63) is 63.3 Å². The van der Waals surface area contributed by atoms with Gasteiger partial charge in [-0.25, -0.2) is 0 Å². The van der Waals surface area contributed by atoms with E-state index in [2.05, 4.69) is 0 Å². The van der Waals surface area contributed by atoms with Gasteiger partial charge in [0.15, 0.2) is 11.0 Å². The van der Waals surface area contributed by atoms with Gasteiger partial charge in [0.25, 0.3) is 0 Å². The summed E-state index contributed by atoms with van der Waals surface area (Å²) in [6.45, 7) is 2.62. The number of aryl methyl sites for hydroxylation is 1. The molecule has 1 saturated carbocycles. The molecule has 0 amide bonds. The third-order valence-electron chi connectivity index (χ3n) is 5.33. The second-order valence-electron chi connectivity index (χ2n) is 7.42. The number of ether oxygens (including phenoxy) is 2. The first-order valence-electron chi connectivity index (χ1n) is 9.73. The lowest BCUT2D eigenvalue weighted by Crippen LogP contribution is -2.36. The number of hydrogen-bond donors (Lipinski definition) is 1. The Morgan fingerprint density at radius 2 is 1.90 bits per heavy atom. The lowest BCUT2D eigenvalue weighted by Gasteiger charge is -2.31. The summed E-state index contributed by atoms with van der Waals surface area (Å²) in [5.41, 5.74) is 1.81. The molecule has 0 aliphatic heterocycles. The van der Waals surface area contributed by atoms with Crippen LogP contribution in [0.1, 0.15) is 18.4 Å². The number of hydrogen-bond acceptors (Lipinski definition) is 5. The fourth-order valence-corrected chi connectivity index (χ4v) is 3.72. The molecule has 6 nitrogen and oxygen atoms in total. The van der Waals surface area contributed by atoms with Gasteiger partial charge in [-0.2, -0.15) is 0 Å². The number of halogens is 1. The van der Waals surface area contributed by atoms with E-state index in [1.807, 2.05) is 19.1 Å². The molecule has 1 heterocycles. The minimum Gasteiger partial charge on any atom is -0.491 e. The Balaban J connectivity index is 1.37. The van der Waals surface area contributed by atoms with Crippen molar-refractivity contribution >= 4 is 28.5 Å². The molecule has 0 atom stereocenters. The maximum Gasteiger partial charge on any atom is 0.306 e. The predicted octanol–water partition coefficient (Wildman–Crippen LogP) is 4.68. The molecule has 3 aromatic rings. The second-order valence-corrected chi connectivity index (χ2v) is 7.82. The molecule has 7 heteroatoms. The summed E-state index contributed by atoms with van der Waals surface area (Å²) in [6, 6.07) is 12.2. The van der Waals surface area contributed by atoms with Gasteiger partial charge in [-0.15, -0.1) is 0 Å². The summed E-state index contributed by atoms with van der Waals surface area (Å²) < 4.78 is 17.2. The van der Waals surface area contributed by atoms with Crippen molar-refractivity contribution in [3.63, 3.8) is 0 Å². The van der Waals surface area contributed by atoms with Gasteiger partial charge in [0.05, 0.1) is 29.0 Å². The Hall–Kier alpha value is -2.83. The Morgan fingerprint density at radius 3 is 2.60 bits per heavy atom. The number of carboxylic acid groups (broad SMARTS) is 1. The van der Waals surface area contributed by atoms with E-state index in [0.717, 1.165) is 11.1 Å². The first-order valence-corrected chi connectivity index (χ1v) is 10.1. The summed E-state index contributed by atoms with van der Waals surface area (Å²) in [7, 11) is 0. The molecule has 1 N–H and O–H groups in total. The molecule has 0 spiro atoms. The van der Waals surface area contributed by atoms with E-state index in [1.165, 1.54) is 6.07 Å². The SMILES string of the molecule is Cc1ccc(Cl)c2oc(-c3ccc(OCCO[C@H]4C[C@@H](C(=O)O)C4)cc3)cc(=O)c12. The quantitative estimate of drug-likeness (QED) is 0.550. The second kappa shape index (κ2) is 8.50. The maximum absolute atomic E-state index is 12.5. The zero-order chi connectivity index (χ0) is 21.3. The van der Waals surface area contributed by atoms with Crippen LogP contribution in [0.3, 0.4) is 0 Å². The average molecular weight is 429 g/mol. The molecule has 0 saturated heterocycles. The van der Waals surface area contributed by atoms with Gasteiger partial charge in [-0.05, 0) is 55.7 Å². The number of carboxylic acids is 1. The molecule has 156 valence electrons. The first kappa shape index (κ1) is 20.4. The van der Waals surface area contributed by atoms with Gasteiger partial charge < -0.3 is 19.0 Å². The molecule has 4 rings (SSSR count). The van der Waals surface area contributed by atoms with Crippen LogP contribution in [0, 0.1) is 12.8 Å². The smallest absolute Gasteiger partial charge is 0.306 e. The molecule has 0 radical (unpaired) electrons. The highest BCUT2D eigenvalue weighted by Gasteiger charge is 2.34. The first-order chi connectivity index (χ1) is 14.4. The largest absolute Gasteiger partial charge is 0.491 e. The summed E-state index contributed by atoms with van der Waals surface area (Å²) >= 11 is 6.22. The Kier molecular flexibility index (Phi) is 5.79. The van der Waals surface area contributed by atoms with Crippen LogP contribution < -0.4 is 10.2 Å². The number of fused-ring (bicyclic) bond motifs is 1. The lowest BCUT2D eigenvalue weighted by molar-refractivity contribution is -0.151. The Morgan fingerprint density at radius 1 is 1.17 bits per heavy atom. The Labute approximate surface area is 178 Å². The van der Waals surface area contributed by atoms with Gasteiger partial charge >= 0.3 is 5.97 Å². The molecule has 1 fully saturated rings. The molecule has 1 aromatic heterocycles. The van der Waals surface area contributed by atoms with Gasteiger partial charge in [0, 0.05) is 11.6 Å². The number of rotatable bonds is 7. The number of carbonyl (C=O) groups is 1. The highest BCUT2D eigenvalue weighted by molar-refractivity contribution is 6.34. The standard InChI is InChI=1S/C23H21ClO6/c1-13-2-7-18(24)22-21(13)19(25)12-20(30-22)14-3-5-16(6-4-14)28-8-9-29-17-10-15(11-17)23(26)27/h2-7,12,15,17H,8-11H2,1H3,(H,26,27)/t15-,17+. The van der Waals surface area contributed by atoms with Gasteiger partial charge in [0.1, 0.15) is 18.1 Å². The normalized spacial score (nSPS) is 18.2. The molecular weight excluding hydrogens is 408 g/mol. The topological polar surface area (TPSA) is 86.0 Å². The van der Waals surface area contributed by atoms with E-state index in [9.17, 15) is 9.59 Å². The van der Waals surface area contributed by atoms with Crippen molar-refractivity contribution in [2.24, 2.45) is 5.92 Å². The Bertz CT molecular complexity index is 1130. The molecule has 2 aromatic carbocycles. The van der Waals surface area contributed by atoms with Crippen LogP contribution in [-0.2, 0) is 9.53 Å². The van der Waals surface area contributed by atoms with Crippen LogP contribution in [0.4, 0.5) is 0 Å². The average Bonchev–Trinajstić information content (AvgIpc) is 2.69.